The lowest BCUT2D eigenvalue weighted by molar-refractivity contribution is 0.670. The summed E-state index contributed by atoms with van der Waals surface area (Å²) >= 11 is 1.85. The van der Waals surface area contributed by atoms with Gasteiger partial charge in [-0.3, -0.25) is 13.2 Å². The number of aromatic nitrogens is 15. The SMILES string of the molecule is c1ccc(-c2cc(-c3ccccc3)cc(-c3ccc4c(c3)n3c5ccccc5nc3n4-c3nc(-c4ccccc4)cc(-c4ccccc4)n3)c2)cc1.c1ccc(-c2cc(-c3ccccc3)nc(-n3c4ccc(-c5cccc6c5oc5ccccc56)cc4n4c5ccccc5nc34)n2)cc1.c1ccc(-c2cc(-c3ccccc3)nc(-n3c4ccc(-c5cccc6c5sc5ccccc56)cc4n4c5ccccc5nc34)n2)cc1. The smallest absolute Gasteiger partial charge is 0.238 e. The van der Waals surface area contributed by atoms with Crippen LogP contribution in [0.2, 0.25) is 0 Å². The number of nitrogens with zero attached hydrogens (tertiary/aromatic N) is 15. The molecule has 0 spiro atoms. The first-order valence-corrected chi connectivity index (χ1v) is 49.5. The summed E-state index contributed by atoms with van der Waals surface area (Å²) in [6, 6.07) is 171. The minimum Gasteiger partial charge on any atom is -0.455 e. The van der Waals surface area contributed by atoms with Crippen LogP contribution in [0.25, 0.3) is 267 Å². The van der Waals surface area contributed by atoms with Gasteiger partial charge in [-0.15, -0.1) is 11.3 Å². The summed E-state index contributed by atoms with van der Waals surface area (Å²) in [6.07, 6.45) is 0. The molecule has 0 aliphatic rings. The molecule has 0 saturated heterocycles. The Hall–Kier alpha value is -19.8. The van der Waals surface area contributed by atoms with Crippen molar-refractivity contribution in [3.63, 3.8) is 0 Å². The zero-order valence-corrected chi connectivity index (χ0v) is 79.1. The average Bonchev–Trinajstić information content (AvgIpc) is 1.56. The summed E-state index contributed by atoms with van der Waals surface area (Å²) in [5.41, 5.74) is 36.4. The van der Waals surface area contributed by atoms with Crippen LogP contribution in [-0.4, -0.2) is 71.8 Å². The van der Waals surface area contributed by atoms with Gasteiger partial charge in [-0.25, -0.2) is 58.6 Å². The van der Waals surface area contributed by atoms with E-state index >= 15 is 0 Å². The minimum atomic E-state index is 0.563. The van der Waals surface area contributed by atoms with E-state index in [1.165, 1.54) is 48.0 Å². The Kier molecular flexibility index (Phi) is 20.4. The normalized spacial score (nSPS) is 11.7. The van der Waals surface area contributed by atoms with Gasteiger partial charge in [0.1, 0.15) is 11.2 Å². The maximum Gasteiger partial charge on any atom is 0.238 e. The van der Waals surface area contributed by atoms with Crippen LogP contribution < -0.4 is 0 Å². The highest BCUT2D eigenvalue weighted by atomic mass is 32.1. The largest absolute Gasteiger partial charge is 0.455 e. The molecule has 684 valence electrons. The highest BCUT2D eigenvalue weighted by Crippen LogP contribution is 2.46. The molecular formula is C129H81N15OS. The molecule has 0 radical (unpaired) electrons. The Balaban J connectivity index is 0.000000106. The van der Waals surface area contributed by atoms with E-state index in [-0.39, 0.29) is 0 Å². The standard InChI is InChI=1S/C47H31N5.C41H25N5O.C41H25N5S/c1-5-15-32(16-6-1)37-27-38(33-17-7-2-8-18-33)29-39(28-37)36-25-26-44-45(30-36)51-43-24-14-13-23-40(43)50-47(51)52(44)46-48-41(34-19-9-3-10-20-34)31-42(49-46)35-21-11-4-12-22-35;2*1-3-12-26(13-4-1)33-25-34(27-14-5-2-6-15-27)43-40(42-33)46-36-23-22-28(24-37(36)45-35-20-9-8-19-32(35)44-41(45)46)29-17-11-18-31-30-16-7-10-21-38(30)47-39(29)31/h1-31H;2*1-25H. The van der Waals surface area contributed by atoms with Crippen molar-refractivity contribution in [3.8, 4) is 141 Å². The quantitative estimate of drug-likeness (QED) is 0.103. The monoisotopic (exact) mass is 1890 g/mol. The molecule has 0 aliphatic heterocycles. The van der Waals surface area contributed by atoms with Crippen molar-refractivity contribution < 1.29 is 4.42 Å². The average molecular weight is 1890 g/mol. The molecule has 30 rings (SSSR count). The Morgan fingerprint density at radius 3 is 0.863 bits per heavy atom. The number of fused-ring (bicyclic) bond motifs is 21. The highest BCUT2D eigenvalue weighted by Gasteiger charge is 2.28. The summed E-state index contributed by atoms with van der Waals surface area (Å²) in [5.74, 6) is 4.01. The maximum absolute atomic E-state index is 6.43. The fourth-order valence-corrected chi connectivity index (χ4v) is 22.0. The third-order valence-corrected chi connectivity index (χ3v) is 28.9. The van der Waals surface area contributed by atoms with Crippen molar-refractivity contribution in [2.75, 3.05) is 0 Å². The summed E-state index contributed by atoms with van der Waals surface area (Å²) in [5, 5.41) is 4.81. The van der Waals surface area contributed by atoms with Gasteiger partial charge in [-0.1, -0.05) is 370 Å². The molecule has 17 heteroatoms. The lowest BCUT2D eigenvalue weighted by Crippen LogP contribution is -2.04. The molecule has 146 heavy (non-hydrogen) atoms. The highest BCUT2D eigenvalue weighted by molar-refractivity contribution is 7.26. The summed E-state index contributed by atoms with van der Waals surface area (Å²) in [7, 11) is 0. The van der Waals surface area contributed by atoms with Crippen LogP contribution in [0.3, 0.4) is 0 Å². The second kappa shape index (κ2) is 35.2. The fraction of sp³-hybridized carbons (Fsp3) is 0. The van der Waals surface area contributed by atoms with Gasteiger partial charge in [-0.2, -0.15) is 0 Å². The second-order valence-corrected chi connectivity index (χ2v) is 37.5. The molecule has 19 aromatic carbocycles. The van der Waals surface area contributed by atoms with Gasteiger partial charge in [0.05, 0.1) is 100 Å². The number of benzene rings is 19. The zero-order valence-electron chi connectivity index (χ0n) is 78.3. The van der Waals surface area contributed by atoms with E-state index in [9.17, 15) is 0 Å². The topological polar surface area (TPSA) is 157 Å². The molecule has 30 aromatic rings. The molecule has 0 fully saturated rings. The number of thiophene rings is 1. The predicted octanol–water partition coefficient (Wildman–Crippen LogP) is 32.3. The summed E-state index contributed by atoms with van der Waals surface area (Å²) in [6.45, 7) is 0. The van der Waals surface area contributed by atoms with Crippen molar-refractivity contribution in [1.82, 2.24) is 71.8 Å². The Morgan fingerprint density at radius 2 is 0.473 bits per heavy atom. The van der Waals surface area contributed by atoms with Crippen LogP contribution in [0.15, 0.2) is 496 Å². The lowest BCUT2D eigenvalue weighted by atomic mass is 9.93. The van der Waals surface area contributed by atoms with Gasteiger partial charge in [0.2, 0.25) is 35.2 Å². The molecule has 16 nitrogen and oxygen atoms in total. The first-order chi connectivity index (χ1) is 72.4. The molecule has 0 saturated carbocycles. The number of para-hydroxylation sites is 8. The molecule has 11 heterocycles. The van der Waals surface area contributed by atoms with Crippen molar-refractivity contribution in [3.05, 3.63) is 491 Å². The maximum atomic E-state index is 6.43. The third-order valence-electron chi connectivity index (χ3n) is 27.7. The minimum absolute atomic E-state index is 0.563. The van der Waals surface area contributed by atoms with Crippen LogP contribution in [0.5, 0.6) is 0 Å². The van der Waals surface area contributed by atoms with Gasteiger partial charge in [0.25, 0.3) is 0 Å². The molecule has 0 bridgehead atoms. The predicted molar refractivity (Wildman–Crippen MR) is 595 cm³/mol. The van der Waals surface area contributed by atoms with E-state index in [4.69, 9.17) is 49.3 Å². The van der Waals surface area contributed by atoms with E-state index in [2.05, 4.69) is 373 Å². The molecule has 11 aromatic heterocycles. The number of rotatable bonds is 14. The first kappa shape index (κ1) is 84.3. The molecule has 0 amide bonds. The number of imidazole rings is 6. The van der Waals surface area contributed by atoms with E-state index in [1.807, 2.05) is 157 Å². The van der Waals surface area contributed by atoms with Crippen LogP contribution in [-0.2, 0) is 0 Å². The number of furan rings is 1. The van der Waals surface area contributed by atoms with Gasteiger partial charge in [0, 0.05) is 69.9 Å². The van der Waals surface area contributed by atoms with E-state index in [0.29, 0.717) is 17.8 Å². The van der Waals surface area contributed by atoms with Crippen LogP contribution in [0, 0.1) is 0 Å². The van der Waals surface area contributed by atoms with Gasteiger partial charge >= 0.3 is 0 Å². The Labute approximate surface area is 839 Å². The Morgan fingerprint density at radius 1 is 0.178 bits per heavy atom. The van der Waals surface area contributed by atoms with Gasteiger partial charge in [0.15, 0.2) is 0 Å². The van der Waals surface area contributed by atoms with Crippen LogP contribution >= 0.6 is 11.3 Å². The zero-order chi connectivity index (χ0) is 96.2. The second-order valence-electron chi connectivity index (χ2n) is 36.4. The van der Waals surface area contributed by atoms with Gasteiger partial charge in [-0.05, 0) is 171 Å². The van der Waals surface area contributed by atoms with Crippen molar-refractivity contribution in [1.29, 1.82) is 0 Å². The number of hydrogen-bond donors (Lipinski definition) is 0. The molecule has 0 aliphatic carbocycles. The summed E-state index contributed by atoms with van der Waals surface area (Å²) in [4.78, 5) is 46.6. The van der Waals surface area contributed by atoms with Gasteiger partial charge < -0.3 is 4.42 Å². The summed E-state index contributed by atoms with van der Waals surface area (Å²) < 4.78 is 22.0. The molecule has 0 atom stereocenters. The molecular weight excluding hydrogens is 1810 g/mol. The number of hydrogen-bond acceptors (Lipinski definition) is 11. The molecule has 0 N–H and O–H groups in total. The van der Waals surface area contributed by atoms with E-state index in [1.54, 1.807) is 0 Å². The van der Waals surface area contributed by atoms with E-state index in [0.717, 1.165) is 201 Å². The van der Waals surface area contributed by atoms with Crippen LogP contribution in [0.1, 0.15) is 0 Å². The Bertz CT molecular complexity index is 9710. The van der Waals surface area contributed by atoms with Crippen molar-refractivity contribution in [2.45, 2.75) is 0 Å². The fourth-order valence-electron chi connectivity index (χ4n) is 20.8. The van der Waals surface area contributed by atoms with E-state index < -0.39 is 0 Å². The third kappa shape index (κ3) is 14.7. The van der Waals surface area contributed by atoms with Crippen molar-refractivity contribution >= 4 is 137 Å². The first-order valence-electron chi connectivity index (χ1n) is 48.7. The van der Waals surface area contributed by atoms with Crippen molar-refractivity contribution in [2.24, 2.45) is 0 Å². The van der Waals surface area contributed by atoms with Crippen LogP contribution in [0.4, 0.5) is 0 Å². The lowest BCUT2D eigenvalue weighted by Gasteiger charge is -2.12. The molecule has 0 unspecified atom stereocenters.